The minimum atomic E-state index is -0.533. The van der Waals surface area contributed by atoms with Crippen molar-refractivity contribution in [1.29, 1.82) is 0 Å². The molecule has 1 aromatic carbocycles. The number of nitrogens with two attached hydrogens (primary N) is 1. The van der Waals surface area contributed by atoms with Gasteiger partial charge in [-0.2, -0.15) is 0 Å². The van der Waals surface area contributed by atoms with E-state index >= 15 is 0 Å². The molecule has 0 spiro atoms. The van der Waals surface area contributed by atoms with Crippen molar-refractivity contribution in [3.05, 3.63) is 35.4 Å². The molecule has 0 bridgehead atoms. The zero-order chi connectivity index (χ0) is 13.6. The van der Waals surface area contributed by atoms with Gasteiger partial charge in [0.15, 0.2) is 0 Å². The summed E-state index contributed by atoms with van der Waals surface area (Å²) in [7, 11) is 0. The van der Waals surface area contributed by atoms with Gasteiger partial charge in [-0.1, -0.05) is 24.3 Å². The fourth-order valence-corrected chi connectivity index (χ4v) is 3.22. The fraction of sp³-hybridized carbons (Fsp3) is 0.562. The van der Waals surface area contributed by atoms with Crippen molar-refractivity contribution in [2.45, 2.75) is 50.6 Å². The lowest BCUT2D eigenvalue weighted by molar-refractivity contribution is -0.134. The Bertz CT molecular complexity index is 507. The minimum absolute atomic E-state index is 0.163. The molecule has 1 heterocycles. The van der Waals surface area contributed by atoms with E-state index in [1.807, 2.05) is 4.90 Å². The molecule has 1 aliphatic heterocycles. The Balaban J connectivity index is 1.78. The lowest BCUT2D eigenvalue weighted by atomic mass is 9.93. The maximum Gasteiger partial charge on any atom is 0.242 e. The van der Waals surface area contributed by atoms with E-state index < -0.39 is 5.54 Å². The van der Waals surface area contributed by atoms with Crippen LogP contribution in [0.2, 0.25) is 0 Å². The van der Waals surface area contributed by atoms with Crippen LogP contribution in [0.25, 0.3) is 0 Å². The van der Waals surface area contributed by atoms with E-state index in [-0.39, 0.29) is 5.91 Å². The summed E-state index contributed by atoms with van der Waals surface area (Å²) in [5, 5.41) is 0. The lowest BCUT2D eigenvalue weighted by Crippen LogP contribution is -2.47. The van der Waals surface area contributed by atoms with Crippen molar-refractivity contribution in [2.75, 3.05) is 6.54 Å². The van der Waals surface area contributed by atoms with Gasteiger partial charge in [-0.3, -0.25) is 4.79 Å². The summed E-state index contributed by atoms with van der Waals surface area (Å²) in [6.07, 6.45) is 2.75. The Kier molecular flexibility index (Phi) is 2.90. The highest BCUT2D eigenvalue weighted by molar-refractivity contribution is 5.89. The van der Waals surface area contributed by atoms with Gasteiger partial charge in [0.25, 0.3) is 0 Å². The van der Waals surface area contributed by atoms with Crippen LogP contribution in [0.4, 0.5) is 0 Å². The number of aryl methyl sites for hydroxylation is 1. The van der Waals surface area contributed by atoms with Crippen molar-refractivity contribution in [3.63, 3.8) is 0 Å². The van der Waals surface area contributed by atoms with E-state index in [2.05, 4.69) is 38.1 Å². The third-order valence-corrected chi connectivity index (χ3v) is 4.68. The molecule has 2 N–H and O–H groups in total. The SMILES string of the molecule is Cc1ccccc1[C@@H]1C[C@H](C)N(C(=O)C2(N)CC2)C1. The van der Waals surface area contributed by atoms with Crippen LogP contribution < -0.4 is 5.73 Å². The van der Waals surface area contributed by atoms with Crippen molar-refractivity contribution in [1.82, 2.24) is 4.90 Å². The summed E-state index contributed by atoms with van der Waals surface area (Å²) in [6.45, 7) is 5.11. The molecule has 3 rings (SSSR count). The molecule has 2 fully saturated rings. The summed E-state index contributed by atoms with van der Waals surface area (Å²) < 4.78 is 0. The Morgan fingerprint density at radius 2 is 2.05 bits per heavy atom. The third-order valence-electron chi connectivity index (χ3n) is 4.68. The fourth-order valence-electron chi connectivity index (χ4n) is 3.22. The highest BCUT2D eigenvalue weighted by Crippen LogP contribution is 2.39. The average Bonchev–Trinajstić information content (AvgIpc) is 3.02. The predicted octanol–water partition coefficient (Wildman–Crippen LogP) is 2.19. The van der Waals surface area contributed by atoms with E-state index in [0.29, 0.717) is 12.0 Å². The lowest BCUT2D eigenvalue weighted by Gasteiger charge is -2.24. The van der Waals surface area contributed by atoms with Crippen molar-refractivity contribution in [2.24, 2.45) is 5.73 Å². The van der Waals surface area contributed by atoms with Crippen LogP contribution in [0.15, 0.2) is 24.3 Å². The van der Waals surface area contributed by atoms with Gasteiger partial charge < -0.3 is 10.6 Å². The van der Waals surface area contributed by atoms with E-state index in [1.54, 1.807) is 0 Å². The zero-order valence-corrected chi connectivity index (χ0v) is 11.7. The molecule has 2 aliphatic rings. The van der Waals surface area contributed by atoms with Gasteiger partial charge in [-0.05, 0) is 44.2 Å². The molecule has 1 amide bonds. The third kappa shape index (κ3) is 2.16. The van der Waals surface area contributed by atoms with Crippen LogP contribution in [-0.4, -0.2) is 28.9 Å². The van der Waals surface area contributed by atoms with Gasteiger partial charge >= 0.3 is 0 Å². The predicted molar refractivity (Wildman–Crippen MR) is 75.9 cm³/mol. The maximum atomic E-state index is 12.4. The number of amides is 1. The van der Waals surface area contributed by atoms with E-state index in [1.165, 1.54) is 11.1 Å². The van der Waals surface area contributed by atoms with Crippen molar-refractivity contribution >= 4 is 5.91 Å². The number of nitrogens with zero attached hydrogens (tertiary/aromatic N) is 1. The smallest absolute Gasteiger partial charge is 0.242 e. The molecule has 1 saturated heterocycles. The number of carbonyl (C=O) groups is 1. The molecule has 102 valence electrons. The maximum absolute atomic E-state index is 12.4. The Morgan fingerprint density at radius 1 is 1.37 bits per heavy atom. The molecule has 1 saturated carbocycles. The molecule has 2 atom stereocenters. The normalized spacial score (nSPS) is 28.5. The molecule has 1 aromatic rings. The number of hydrogen-bond donors (Lipinski definition) is 1. The first-order chi connectivity index (χ1) is 9.01. The number of likely N-dealkylation sites (tertiary alicyclic amines) is 1. The second kappa shape index (κ2) is 4.34. The molecule has 3 nitrogen and oxygen atoms in total. The zero-order valence-electron chi connectivity index (χ0n) is 11.7. The van der Waals surface area contributed by atoms with Crippen LogP contribution in [0, 0.1) is 6.92 Å². The van der Waals surface area contributed by atoms with E-state index in [4.69, 9.17) is 5.73 Å². The highest BCUT2D eigenvalue weighted by Gasteiger charge is 2.50. The second-order valence-corrected chi connectivity index (χ2v) is 6.25. The quantitative estimate of drug-likeness (QED) is 0.884. The number of hydrogen-bond acceptors (Lipinski definition) is 2. The van der Waals surface area contributed by atoms with Gasteiger partial charge in [-0.15, -0.1) is 0 Å². The van der Waals surface area contributed by atoms with Gasteiger partial charge in [0, 0.05) is 18.5 Å². The van der Waals surface area contributed by atoms with Gasteiger partial charge in [0.05, 0.1) is 5.54 Å². The van der Waals surface area contributed by atoms with Crippen LogP contribution in [0.3, 0.4) is 0 Å². The number of carbonyl (C=O) groups excluding carboxylic acids is 1. The molecule has 3 heteroatoms. The summed E-state index contributed by atoms with van der Waals surface area (Å²) in [4.78, 5) is 14.4. The first-order valence-electron chi connectivity index (χ1n) is 7.17. The molecular formula is C16H22N2O. The van der Waals surface area contributed by atoms with Crippen molar-refractivity contribution in [3.8, 4) is 0 Å². The van der Waals surface area contributed by atoms with Crippen molar-refractivity contribution < 1.29 is 4.79 Å². The van der Waals surface area contributed by atoms with E-state index in [9.17, 15) is 4.79 Å². The molecule has 0 unspecified atom stereocenters. The first kappa shape index (κ1) is 12.7. The molecule has 0 radical (unpaired) electrons. The molecule has 1 aliphatic carbocycles. The van der Waals surface area contributed by atoms with E-state index in [0.717, 1.165) is 25.8 Å². The monoisotopic (exact) mass is 258 g/mol. The van der Waals surface area contributed by atoms with Gasteiger partial charge in [-0.25, -0.2) is 0 Å². The topological polar surface area (TPSA) is 46.3 Å². The molecule has 19 heavy (non-hydrogen) atoms. The molecule has 0 aromatic heterocycles. The van der Waals surface area contributed by atoms with Gasteiger partial charge in [0.1, 0.15) is 0 Å². The van der Waals surface area contributed by atoms with Crippen LogP contribution in [-0.2, 0) is 4.79 Å². The highest BCUT2D eigenvalue weighted by atomic mass is 16.2. The summed E-state index contributed by atoms with van der Waals surface area (Å²) >= 11 is 0. The largest absolute Gasteiger partial charge is 0.338 e. The Labute approximate surface area is 114 Å². The summed E-state index contributed by atoms with van der Waals surface area (Å²) in [5.41, 5.74) is 8.23. The van der Waals surface area contributed by atoms with Crippen LogP contribution in [0.5, 0.6) is 0 Å². The van der Waals surface area contributed by atoms with Crippen LogP contribution >= 0.6 is 0 Å². The summed E-state index contributed by atoms with van der Waals surface area (Å²) in [5.74, 6) is 0.624. The minimum Gasteiger partial charge on any atom is -0.338 e. The Hall–Kier alpha value is -1.35. The molecular weight excluding hydrogens is 236 g/mol. The average molecular weight is 258 g/mol. The number of benzene rings is 1. The summed E-state index contributed by atoms with van der Waals surface area (Å²) in [6, 6.07) is 8.80. The standard InChI is InChI=1S/C16H22N2O/c1-11-5-3-4-6-14(11)13-9-12(2)18(10-13)15(19)16(17)7-8-16/h3-6,12-13H,7-10,17H2,1-2H3/t12-,13+/m0/s1. The van der Waals surface area contributed by atoms with Crippen LogP contribution in [0.1, 0.15) is 43.2 Å². The number of rotatable bonds is 2. The first-order valence-corrected chi connectivity index (χ1v) is 7.17. The second-order valence-electron chi connectivity index (χ2n) is 6.25. The van der Waals surface area contributed by atoms with Gasteiger partial charge in [0.2, 0.25) is 5.91 Å². The Morgan fingerprint density at radius 3 is 2.68 bits per heavy atom.